The molecule has 0 aliphatic rings. The summed E-state index contributed by atoms with van der Waals surface area (Å²) in [6.45, 7) is 6.00. The molecular formula is C20H20FN3OS. The van der Waals surface area contributed by atoms with Gasteiger partial charge in [-0.3, -0.25) is 4.79 Å². The monoisotopic (exact) mass is 369 g/mol. The summed E-state index contributed by atoms with van der Waals surface area (Å²) >= 11 is 1.24. The predicted octanol–water partition coefficient (Wildman–Crippen LogP) is 5.71. The van der Waals surface area contributed by atoms with Gasteiger partial charge in [-0.05, 0) is 48.7 Å². The molecule has 3 rings (SSSR count). The third-order valence-corrected chi connectivity index (χ3v) is 4.96. The molecule has 134 valence electrons. The van der Waals surface area contributed by atoms with Crippen molar-refractivity contribution in [3.63, 3.8) is 0 Å². The molecule has 26 heavy (non-hydrogen) atoms. The zero-order valence-corrected chi connectivity index (χ0v) is 15.7. The summed E-state index contributed by atoms with van der Waals surface area (Å²) in [6, 6.07) is 13.9. The van der Waals surface area contributed by atoms with Gasteiger partial charge < -0.3 is 10.6 Å². The maximum absolute atomic E-state index is 13.3. The lowest BCUT2D eigenvalue weighted by Crippen LogP contribution is -2.11. The van der Waals surface area contributed by atoms with E-state index in [-0.39, 0.29) is 11.7 Å². The van der Waals surface area contributed by atoms with Crippen LogP contribution in [0.1, 0.15) is 40.7 Å². The Kier molecular flexibility index (Phi) is 5.32. The highest BCUT2D eigenvalue weighted by Crippen LogP contribution is 2.27. The van der Waals surface area contributed by atoms with Crippen LogP contribution in [0.2, 0.25) is 0 Å². The Morgan fingerprint density at radius 2 is 1.85 bits per heavy atom. The second kappa shape index (κ2) is 7.66. The van der Waals surface area contributed by atoms with Crippen LogP contribution >= 0.6 is 11.3 Å². The van der Waals surface area contributed by atoms with E-state index in [1.807, 2.05) is 24.3 Å². The number of benzene rings is 2. The Hall–Kier alpha value is -2.73. The van der Waals surface area contributed by atoms with Gasteiger partial charge in [-0.15, -0.1) is 0 Å². The number of carbonyl (C=O) groups excluding carboxylic acids is 1. The van der Waals surface area contributed by atoms with Gasteiger partial charge >= 0.3 is 0 Å². The Bertz CT molecular complexity index is 936. The molecule has 6 heteroatoms. The Labute approximate surface area is 156 Å². The molecule has 1 aromatic heterocycles. The zero-order chi connectivity index (χ0) is 18.7. The van der Waals surface area contributed by atoms with E-state index < -0.39 is 0 Å². The standard InChI is InChI=1S/C20H20FN3OS/c1-12(2)14-6-4-8-16(10-14)23-19(25)18-13(3)22-20(26-18)24-17-9-5-7-15(21)11-17/h4-12H,1-3H3,(H,22,24)(H,23,25). The van der Waals surface area contributed by atoms with Crippen LogP contribution in [0, 0.1) is 12.7 Å². The number of amides is 1. The van der Waals surface area contributed by atoms with Gasteiger partial charge in [0.2, 0.25) is 0 Å². The Balaban J connectivity index is 1.76. The fourth-order valence-electron chi connectivity index (χ4n) is 2.51. The van der Waals surface area contributed by atoms with Gasteiger partial charge in [-0.1, -0.05) is 43.4 Å². The highest BCUT2D eigenvalue weighted by molar-refractivity contribution is 7.17. The molecule has 0 fully saturated rings. The number of aromatic nitrogens is 1. The van der Waals surface area contributed by atoms with Gasteiger partial charge in [0.05, 0.1) is 5.69 Å². The lowest BCUT2D eigenvalue weighted by Gasteiger charge is -2.09. The third-order valence-electron chi connectivity index (χ3n) is 3.89. The average molecular weight is 369 g/mol. The molecule has 1 amide bonds. The largest absolute Gasteiger partial charge is 0.331 e. The molecule has 0 saturated heterocycles. The van der Waals surface area contributed by atoms with Crippen molar-refractivity contribution in [3.8, 4) is 0 Å². The smallest absolute Gasteiger partial charge is 0.267 e. The van der Waals surface area contributed by atoms with Crippen LogP contribution in [0.25, 0.3) is 0 Å². The number of rotatable bonds is 5. The molecule has 2 aromatic carbocycles. The average Bonchev–Trinajstić information content (AvgIpc) is 2.95. The van der Waals surface area contributed by atoms with Gasteiger partial charge in [0.25, 0.3) is 5.91 Å². The van der Waals surface area contributed by atoms with Crippen molar-refractivity contribution in [3.05, 3.63) is 70.5 Å². The molecule has 2 N–H and O–H groups in total. The van der Waals surface area contributed by atoms with Crippen LogP contribution in [0.4, 0.5) is 20.9 Å². The second-order valence-corrected chi connectivity index (χ2v) is 7.30. The van der Waals surface area contributed by atoms with E-state index in [0.717, 1.165) is 11.3 Å². The van der Waals surface area contributed by atoms with Crippen LogP contribution in [-0.2, 0) is 0 Å². The highest BCUT2D eigenvalue weighted by atomic mass is 32.1. The van der Waals surface area contributed by atoms with Crippen LogP contribution in [0.5, 0.6) is 0 Å². The minimum atomic E-state index is -0.328. The van der Waals surface area contributed by atoms with Crippen LogP contribution in [0.3, 0.4) is 0 Å². The fraction of sp³-hybridized carbons (Fsp3) is 0.200. The number of halogens is 1. The van der Waals surface area contributed by atoms with E-state index in [1.165, 1.54) is 23.5 Å². The summed E-state index contributed by atoms with van der Waals surface area (Å²) in [4.78, 5) is 17.5. The van der Waals surface area contributed by atoms with E-state index in [4.69, 9.17) is 0 Å². The first-order valence-electron chi connectivity index (χ1n) is 8.33. The van der Waals surface area contributed by atoms with Gasteiger partial charge in [0.15, 0.2) is 5.13 Å². The van der Waals surface area contributed by atoms with Crippen molar-refractivity contribution in [1.82, 2.24) is 4.98 Å². The molecule has 1 heterocycles. The van der Waals surface area contributed by atoms with Crippen molar-refractivity contribution in [2.75, 3.05) is 10.6 Å². The molecule has 0 radical (unpaired) electrons. The zero-order valence-electron chi connectivity index (χ0n) is 14.8. The number of thiazole rings is 1. The van der Waals surface area contributed by atoms with Crippen LogP contribution in [0.15, 0.2) is 48.5 Å². The molecule has 0 bridgehead atoms. The minimum absolute atomic E-state index is 0.201. The molecule has 0 atom stereocenters. The van der Waals surface area contributed by atoms with E-state index in [1.54, 1.807) is 19.1 Å². The maximum Gasteiger partial charge on any atom is 0.267 e. The first-order valence-corrected chi connectivity index (χ1v) is 9.15. The molecular weight excluding hydrogens is 349 g/mol. The van der Waals surface area contributed by atoms with Crippen LogP contribution < -0.4 is 10.6 Å². The Morgan fingerprint density at radius 1 is 1.12 bits per heavy atom. The third kappa shape index (κ3) is 4.26. The number of nitrogens with zero attached hydrogens (tertiary/aromatic N) is 1. The quantitative estimate of drug-likeness (QED) is 0.606. The molecule has 4 nitrogen and oxygen atoms in total. The minimum Gasteiger partial charge on any atom is -0.331 e. The molecule has 0 unspecified atom stereocenters. The predicted molar refractivity (Wildman–Crippen MR) is 105 cm³/mol. The van der Waals surface area contributed by atoms with Crippen molar-refractivity contribution >= 4 is 33.8 Å². The van der Waals surface area contributed by atoms with E-state index in [9.17, 15) is 9.18 Å². The number of nitrogens with one attached hydrogen (secondary N) is 2. The molecule has 0 aliphatic carbocycles. The molecule has 3 aromatic rings. The Morgan fingerprint density at radius 3 is 2.58 bits per heavy atom. The van der Waals surface area contributed by atoms with E-state index in [0.29, 0.717) is 27.3 Å². The number of hydrogen-bond acceptors (Lipinski definition) is 4. The maximum atomic E-state index is 13.3. The first-order chi connectivity index (χ1) is 12.4. The lowest BCUT2D eigenvalue weighted by atomic mass is 10.0. The highest BCUT2D eigenvalue weighted by Gasteiger charge is 2.16. The van der Waals surface area contributed by atoms with Gasteiger partial charge in [0, 0.05) is 11.4 Å². The van der Waals surface area contributed by atoms with Crippen molar-refractivity contribution < 1.29 is 9.18 Å². The molecule has 0 aliphatic heterocycles. The second-order valence-electron chi connectivity index (χ2n) is 6.30. The van der Waals surface area contributed by atoms with E-state index >= 15 is 0 Å². The normalized spacial score (nSPS) is 10.8. The summed E-state index contributed by atoms with van der Waals surface area (Å²) < 4.78 is 13.3. The summed E-state index contributed by atoms with van der Waals surface area (Å²) in [5.74, 6) is -0.140. The van der Waals surface area contributed by atoms with Crippen molar-refractivity contribution in [2.45, 2.75) is 26.7 Å². The molecule has 0 saturated carbocycles. The fourth-order valence-corrected chi connectivity index (χ4v) is 3.40. The lowest BCUT2D eigenvalue weighted by molar-refractivity contribution is 0.103. The van der Waals surface area contributed by atoms with Gasteiger partial charge in [-0.25, -0.2) is 9.37 Å². The summed E-state index contributed by atoms with van der Waals surface area (Å²) in [7, 11) is 0. The number of aryl methyl sites for hydroxylation is 1. The number of hydrogen-bond donors (Lipinski definition) is 2. The van der Waals surface area contributed by atoms with Crippen LogP contribution in [-0.4, -0.2) is 10.9 Å². The number of carbonyl (C=O) groups is 1. The SMILES string of the molecule is Cc1nc(Nc2cccc(F)c2)sc1C(=O)Nc1cccc(C(C)C)c1. The number of anilines is 3. The van der Waals surface area contributed by atoms with Gasteiger partial charge in [0.1, 0.15) is 10.7 Å². The topological polar surface area (TPSA) is 54.0 Å². The van der Waals surface area contributed by atoms with Crippen molar-refractivity contribution in [2.24, 2.45) is 0 Å². The van der Waals surface area contributed by atoms with E-state index in [2.05, 4.69) is 29.5 Å². The summed E-state index contributed by atoms with van der Waals surface area (Å²) in [6.07, 6.45) is 0. The first kappa shape index (κ1) is 18.1. The molecule has 0 spiro atoms. The van der Waals surface area contributed by atoms with Crippen molar-refractivity contribution in [1.29, 1.82) is 0 Å². The summed E-state index contributed by atoms with van der Waals surface area (Å²) in [5.41, 5.74) is 3.15. The van der Waals surface area contributed by atoms with Gasteiger partial charge in [-0.2, -0.15) is 0 Å². The summed E-state index contributed by atoms with van der Waals surface area (Å²) in [5, 5.41) is 6.51.